The fourth-order valence-corrected chi connectivity index (χ4v) is 2.20. The molecule has 0 radical (unpaired) electrons. The fourth-order valence-electron chi connectivity index (χ4n) is 2.20. The molecule has 0 saturated carbocycles. The summed E-state index contributed by atoms with van der Waals surface area (Å²) in [5, 5.41) is 6.01. The van der Waals surface area contributed by atoms with Gasteiger partial charge in [0.05, 0.1) is 13.2 Å². The van der Waals surface area contributed by atoms with E-state index < -0.39 is 0 Å². The Bertz CT molecular complexity index is 627. The minimum atomic E-state index is -0.0298. The van der Waals surface area contributed by atoms with Gasteiger partial charge >= 0.3 is 0 Å². The number of hydrogen-bond donors (Lipinski definition) is 2. The van der Waals surface area contributed by atoms with E-state index in [-0.39, 0.29) is 12.5 Å². The van der Waals surface area contributed by atoms with Gasteiger partial charge in [0.25, 0.3) is 0 Å². The van der Waals surface area contributed by atoms with Crippen LogP contribution in [-0.4, -0.2) is 19.1 Å². The van der Waals surface area contributed by atoms with Crippen LogP contribution in [0.1, 0.15) is 24.5 Å². The zero-order valence-electron chi connectivity index (χ0n) is 13.8. The van der Waals surface area contributed by atoms with Gasteiger partial charge in [-0.3, -0.25) is 4.79 Å². The maximum absolute atomic E-state index is 11.9. The van der Waals surface area contributed by atoms with Crippen molar-refractivity contribution in [1.29, 1.82) is 0 Å². The van der Waals surface area contributed by atoms with E-state index in [1.807, 2.05) is 49.4 Å². The van der Waals surface area contributed by atoms with Crippen LogP contribution in [0.3, 0.4) is 0 Å². The summed E-state index contributed by atoms with van der Waals surface area (Å²) in [6.45, 7) is 5.61. The van der Waals surface area contributed by atoms with Crippen LogP contribution in [0, 0.1) is 6.92 Å². The Balaban J connectivity index is 1.78. The molecule has 0 saturated heterocycles. The Kier molecular flexibility index (Phi) is 6.48. The third-order valence-electron chi connectivity index (χ3n) is 3.42. The Labute approximate surface area is 137 Å². The van der Waals surface area contributed by atoms with Gasteiger partial charge in [0.2, 0.25) is 5.91 Å². The molecule has 0 aromatic heterocycles. The van der Waals surface area contributed by atoms with Crippen LogP contribution >= 0.6 is 0 Å². The normalized spacial score (nSPS) is 10.2. The predicted octanol–water partition coefficient (Wildman–Crippen LogP) is 3.51. The summed E-state index contributed by atoms with van der Waals surface area (Å²) in [7, 11) is 0. The van der Waals surface area contributed by atoms with Gasteiger partial charge in [0, 0.05) is 12.2 Å². The molecular weight excluding hydrogens is 288 g/mol. The van der Waals surface area contributed by atoms with Gasteiger partial charge in [0.15, 0.2) is 0 Å². The van der Waals surface area contributed by atoms with E-state index in [9.17, 15) is 4.79 Å². The molecule has 0 spiro atoms. The molecule has 4 nitrogen and oxygen atoms in total. The number of ether oxygens (including phenoxy) is 1. The molecule has 2 aromatic carbocycles. The third kappa shape index (κ3) is 5.66. The van der Waals surface area contributed by atoms with Gasteiger partial charge in [-0.05, 0) is 42.7 Å². The summed E-state index contributed by atoms with van der Waals surface area (Å²) in [5.41, 5.74) is 3.10. The number of amides is 1. The fraction of sp³-hybridized carbons (Fsp3) is 0.316. The van der Waals surface area contributed by atoms with E-state index >= 15 is 0 Å². The van der Waals surface area contributed by atoms with Crippen molar-refractivity contribution in [2.45, 2.75) is 26.8 Å². The van der Waals surface area contributed by atoms with Crippen LogP contribution < -0.4 is 15.4 Å². The molecule has 122 valence electrons. The molecule has 0 unspecified atom stereocenters. The second kappa shape index (κ2) is 8.83. The first-order valence-electron chi connectivity index (χ1n) is 7.97. The maximum atomic E-state index is 11.9. The quantitative estimate of drug-likeness (QED) is 0.784. The lowest BCUT2D eigenvalue weighted by atomic mass is 10.1. The number of hydrogen-bond acceptors (Lipinski definition) is 3. The molecule has 0 aliphatic heterocycles. The van der Waals surface area contributed by atoms with E-state index in [4.69, 9.17) is 4.74 Å². The van der Waals surface area contributed by atoms with Crippen molar-refractivity contribution < 1.29 is 9.53 Å². The van der Waals surface area contributed by atoms with E-state index in [1.54, 1.807) is 0 Å². The van der Waals surface area contributed by atoms with Gasteiger partial charge in [-0.25, -0.2) is 0 Å². The molecule has 2 aromatic rings. The molecular formula is C19H24N2O2. The molecule has 2 rings (SSSR count). The van der Waals surface area contributed by atoms with Gasteiger partial charge in [0.1, 0.15) is 5.75 Å². The average Bonchev–Trinajstić information content (AvgIpc) is 2.58. The summed E-state index contributed by atoms with van der Waals surface area (Å²) < 4.78 is 5.66. The van der Waals surface area contributed by atoms with Crippen LogP contribution in [0.15, 0.2) is 48.5 Å². The van der Waals surface area contributed by atoms with E-state index in [0.29, 0.717) is 6.54 Å². The number of carbonyl (C=O) groups excluding carboxylic acids is 1. The lowest BCUT2D eigenvalue weighted by Gasteiger charge is -2.11. The van der Waals surface area contributed by atoms with Crippen LogP contribution in [0.4, 0.5) is 5.69 Å². The molecule has 2 N–H and O–H groups in total. The highest BCUT2D eigenvalue weighted by Gasteiger charge is 2.04. The largest absolute Gasteiger partial charge is 0.493 e. The molecule has 0 aliphatic rings. The van der Waals surface area contributed by atoms with Crippen molar-refractivity contribution in [3.63, 3.8) is 0 Å². The molecule has 0 bridgehead atoms. The second-order valence-corrected chi connectivity index (χ2v) is 5.44. The molecule has 4 heteroatoms. The Morgan fingerprint density at radius 3 is 2.61 bits per heavy atom. The maximum Gasteiger partial charge on any atom is 0.239 e. The number of para-hydroxylation sites is 1. The topological polar surface area (TPSA) is 50.4 Å². The number of anilines is 1. The van der Waals surface area contributed by atoms with E-state index in [1.165, 1.54) is 0 Å². The number of aryl methyl sites for hydroxylation is 1. The minimum Gasteiger partial charge on any atom is -0.493 e. The number of rotatable bonds is 8. The van der Waals surface area contributed by atoms with E-state index in [0.717, 1.165) is 35.6 Å². The number of nitrogens with one attached hydrogen (secondary N) is 2. The first-order valence-corrected chi connectivity index (χ1v) is 7.97. The molecule has 0 heterocycles. The first-order chi connectivity index (χ1) is 11.2. The van der Waals surface area contributed by atoms with Crippen LogP contribution in [-0.2, 0) is 11.3 Å². The first kappa shape index (κ1) is 16.9. The molecule has 0 aliphatic carbocycles. The average molecular weight is 312 g/mol. The summed E-state index contributed by atoms with van der Waals surface area (Å²) in [4.78, 5) is 11.9. The second-order valence-electron chi connectivity index (χ2n) is 5.44. The van der Waals surface area contributed by atoms with E-state index in [2.05, 4.69) is 23.6 Å². The minimum absolute atomic E-state index is 0.0298. The number of benzene rings is 2. The molecule has 23 heavy (non-hydrogen) atoms. The standard InChI is InChI=1S/C19H24N2O2/c1-3-11-23-18-10-9-16(12-15(18)2)13-21-19(22)14-20-17-7-5-4-6-8-17/h4-10,12,20H,3,11,13-14H2,1-2H3,(H,21,22). The summed E-state index contributed by atoms with van der Waals surface area (Å²) in [6.07, 6.45) is 0.992. The Hall–Kier alpha value is -2.49. The van der Waals surface area contributed by atoms with Gasteiger partial charge in [-0.1, -0.05) is 37.3 Å². The summed E-state index contributed by atoms with van der Waals surface area (Å²) in [5.74, 6) is 0.880. The van der Waals surface area contributed by atoms with Crippen molar-refractivity contribution in [2.24, 2.45) is 0 Å². The van der Waals surface area contributed by atoms with Gasteiger partial charge in [-0.2, -0.15) is 0 Å². The summed E-state index contributed by atoms with van der Waals surface area (Å²) in [6, 6.07) is 15.7. The number of carbonyl (C=O) groups is 1. The van der Waals surface area contributed by atoms with Crippen molar-refractivity contribution in [3.8, 4) is 5.75 Å². The van der Waals surface area contributed by atoms with Crippen LogP contribution in [0.2, 0.25) is 0 Å². The monoisotopic (exact) mass is 312 g/mol. The Morgan fingerprint density at radius 1 is 1.13 bits per heavy atom. The highest BCUT2D eigenvalue weighted by atomic mass is 16.5. The molecule has 1 amide bonds. The highest BCUT2D eigenvalue weighted by Crippen LogP contribution is 2.19. The smallest absolute Gasteiger partial charge is 0.239 e. The SMILES string of the molecule is CCCOc1ccc(CNC(=O)CNc2ccccc2)cc1C. The third-order valence-corrected chi connectivity index (χ3v) is 3.42. The van der Waals surface area contributed by atoms with Crippen LogP contribution in [0.25, 0.3) is 0 Å². The predicted molar refractivity (Wildman–Crippen MR) is 93.7 cm³/mol. The highest BCUT2D eigenvalue weighted by molar-refractivity contribution is 5.80. The Morgan fingerprint density at radius 2 is 1.91 bits per heavy atom. The zero-order chi connectivity index (χ0) is 16.5. The van der Waals surface area contributed by atoms with Crippen molar-refractivity contribution >= 4 is 11.6 Å². The van der Waals surface area contributed by atoms with Crippen LogP contribution in [0.5, 0.6) is 5.75 Å². The van der Waals surface area contributed by atoms with Crippen molar-refractivity contribution in [2.75, 3.05) is 18.5 Å². The lowest BCUT2D eigenvalue weighted by Crippen LogP contribution is -2.29. The van der Waals surface area contributed by atoms with Gasteiger partial charge in [-0.15, -0.1) is 0 Å². The lowest BCUT2D eigenvalue weighted by molar-refractivity contribution is -0.119. The summed E-state index contributed by atoms with van der Waals surface area (Å²) >= 11 is 0. The molecule has 0 atom stereocenters. The van der Waals surface area contributed by atoms with Crippen molar-refractivity contribution in [3.05, 3.63) is 59.7 Å². The molecule has 0 fully saturated rings. The van der Waals surface area contributed by atoms with Gasteiger partial charge < -0.3 is 15.4 Å². The zero-order valence-corrected chi connectivity index (χ0v) is 13.8. The van der Waals surface area contributed by atoms with Crippen molar-refractivity contribution in [1.82, 2.24) is 5.32 Å².